The van der Waals surface area contributed by atoms with Crippen molar-refractivity contribution in [3.05, 3.63) is 23.8 Å². The van der Waals surface area contributed by atoms with Gasteiger partial charge in [-0.2, -0.15) is 0 Å². The quantitative estimate of drug-likeness (QED) is 0.859. The Bertz CT molecular complexity index is 498. The van der Waals surface area contributed by atoms with E-state index >= 15 is 0 Å². The van der Waals surface area contributed by atoms with Crippen LogP contribution in [0.2, 0.25) is 0 Å². The molecule has 0 radical (unpaired) electrons. The molecule has 1 aromatic rings. The lowest BCUT2D eigenvalue weighted by molar-refractivity contribution is -0.122. The molecule has 1 atom stereocenters. The minimum absolute atomic E-state index is 0.0724. The smallest absolute Gasteiger partial charge is 0.265 e. The molecular weight excluding hydrogens is 254 g/mol. The SMILES string of the molecule is CC1Oc2ccc(CCN3CCNCC3)cc2NC1=O. The molecule has 2 aliphatic rings. The summed E-state index contributed by atoms with van der Waals surface area (Å²) in [5, 5.41) is 6.26. The Hall–Kier alpha value is -1.59. The van der Waals surface area contributed by atoms with Gasteiger partial charge in [0.2, 0.25) is 0 Å². The maximum atomic E-state index is 11.6. The molecule has 0 aliphatic carbocycles. The van der Waals surface area contributed by atoms with Gasteiger partial charge in [0, 0.05) is 32.7 Å². The van der Waals surface area contributed by atoms with Crippen molar-refractivity contribution in [1.82, 2.24) is 10.2 Å². The van der Waals surface area contributed by atoms with E-state index in [-0.39, 0.29) is 5.91 Å². The molecule has 2 N–H and O–H groups in total. The molecule has 1 saturated heterocycles. The van der Waals surface area contributed by atoms with E-state index in [9.17, 15) is 4.79 Å². The molecule has 108 valence electrons. The van der Waals surface area contributed by atoms with Crippen LogP contribution in [0.1, 0.15) is 12.5 Å². The van der Waals surface area contributed by atoms with Gasteiger partial charge in [0.15, 0.2) is 6.10 Å². The number of piperazine rings is 1. The number of amides is 1. The largest absolute Gasteiger partial charge is 0.479 e. The van der Waals surface area contributed by atoms with Crippen LogP contribution in [0.15, 0.2) is 18.2 Å². The Morgan fingerprint density at radius 2 is 2.15 bits per heavy atom. The molecule has 2 aliphatic heterocycles. The van der Waals surface area contributed by atoms with Gasteiger partial charge < -0.3 is 20.3 Å². The van der Waals surface area contributed by atoms with Crippen molar-refractivity contribution >= 4 is 11.6 Å². The van der Waals surface area contributed by atoms with Gasteiger partial charge in [-0.1, -0.05) is 6.07 Å². The highest BCUT2D eigenvalue weighted by Gasteiger charge is 2.23. The molecule has 0 aromatic heterocycles. The molecule has 1 fully saturated rings. The fourth-order valence-corrected chi connectivity index (χ4v) is 2.63. The predicted molar refractivity (Wildman–Crippen MR) is 78.2 cm³/mol. The number of nitrogens with zero attached hydrogens (tertiary/aromatic N) is 1. The third-order valence-corrected chi connectivity index (χ3v) is 3.90. The molecule has 0 saturated carbocycles. The van der Waals surface area contributed by atoms with E-state index in [1.807, 2.05) is 12.1 Å². The van der Waals surface area contributed by atoms with Crippen molar-refractivity contribution in [2.75, 3.05) is 38.0 Å². The zero-order valence-corrected chi connectivity index (χ0v) is 11.8. The summed E-state index contributed by atoms with van der Waals surface area (Å²) in [5.41, 5.74) is 2.03. The van der Waals surface area contributed by atoms with E-state index in [4.69, 9.17) is 4.74 Å². The number of anilines is 1. The lowest BCUT2D eigenvalue weighted by Gasteiger charge is -2.27. The minimum atomic E-state index is -0.408. The first-order valence-corrected chi connectivity index (χ1v) is 7.26. The Labute approximate surface area is 119 Å². The first-order chi connectivity index (χ1) is 9.72. The highest BCUT2D eigenvalue weighted by Crippen LogP contribution is 2.30. The van der Waals surface area contributed by atoms with Crippen LogP contribution < -0.4 is 15.4 Å². The molecule has 5 heteroatoms. The summed E-state index contributed by atoms with van der Waals surface area (Å²) >= 11 is 0. The molecule has 1 unspecified atom stereocenters. The van der Waals surface area contributed by atoms with Crippen LogP contribution in [0.3, 0.4) is 0 Å². The Kier molecular flexibility index (Phi) is 3.89. The summed E-state index contributed by atoms with van der Waals surface area (Å²) in [6, 6.07) is 6.07. The van der Waals surface area contributed by atoms with E-state index < -0.39 is 6.10 Å². The maximum Gasteiger partial charge on any atom is 0.265 e. The number of fused-ring (bicyclic) bond motifs is 1. The molecule has 20 heavy (non-hydrogen) atoms. The van der Waals surface area contributed by atoms with E-state index in [1.54, 1.807) is 6.92 Å². The third-order valence-electron chi connectivity index (χ3n) is 3.90. The molecule has 0 bridgehead atoms. The molecule has 3 rings (SSSR count). The molecule has 1 aromatic carbocycles. The highest BCUT2D eigenvalue weighted by molar-refractivity contribution is 5.97. The average Bonchev–Trinajstić information content (AvgIpc) is 2.47. The fourth-order valence-electron chi connectivity index (χ4n) is 2.63. The second-order valence-electron chi connectivity index (χ2n) is 5.42. The van der Waals surface area contributed by atoms with Crippen LogP contribution in [0.25, 0.3) is 0 Å². The van der Waals surface area contributed by atoms with Crippen molar-refractivity contribution in [3.63, 3.8) is 0 Å². The number of carbonyl (C=O) groups excluding carboxylic acids is 1. The van der Waals surface area contributed by atoms with Crippen molar-refractivity contribution in [2.45, 2.75) is 19.4 Å². The van der Waals surface area contributed by atoms with Gasteiger partial charge in [-0.25, -0.2) is 0 Å². The molecular formula is C15H21N3O2. The average molecular weight is 275 g/mol. The standard InChI is InChI=1S/C15H21N3O2/c1-11-15(19)17-13-10-12(2-3-14(13)20-11)4-7-18-8-5-16-6-9-18/h2-3,10-11,16H,4-9H2,1H3,(H,17,19). The summed E-state index contributed by atoms with van der Waals surface area (Å²) in [4.78, 5) is 14.1. The number of rotatable bonds is 3. The van der Waals surface area contributed by atoms with Gasteiger partial charge in [-0.3, -0.25) is 4.79 Å². The zero-order valence-electron chi connectivity index (χ0n) is 11.8. The van der Waals surface area contributed by atoms with Gasteiger partial charge in [0.1, 0.15) is 5.75 Å². The van der Waals surface area contributed by atoms with Crippen LogP contribution in [-0.4, -0.2) is 49.6 Å². The third kappa shape index (κ3) is 2.94. The lowest BCUT2D eigenvalue weighted by atomic mass is 10.1. The number of hydrogen-bond donors (Lipinski definition) is 2. The Morgan fingerprint density at radius 1 is 1.35 bits per heavy atom. The summed E-state index contributed by atoms with van der Waals surface area (Å²) in [6.07, 6.45) is 0.591. The number of hydrogen-bond acceptors (Lipinski definition) is 4. The second-order valence-corrected chi connectivity index (χ2v) is 5.42. The Balaban J connectivity index is 1.63. The van der Waals surface area contributed by atoms with Crippen molar-refractivity contribution < 1.29 is 9.53 Å². The van der Waals surface area contributed by atoms with Crippen molar-refractivity contribution in [3.8, 4) is 5.75 Å². The second kappa shape index (κ2) is 5.81. The summed E-state index contributed by atoms with van der Waals surface area (Å²) in [7, 11) is 0. The first kappa shape index (κ1) is 13.4. The molecule has 1 amide bonds. The summed E-state index contributed by atoms with van der Waals surface area (Å²) in [5.74, 6) is 0.694. The first-order valence-electron chi connectivity index (χ1n) is 7.26. The van der Waals surface area contributed by atoms with E-state index in [0.717, 1.165) is 50.6 Å². The van der Waals surface area contributed by atoms with Crippen LogP contribution >= 0.6 is 0 Å². The minimum Gasteiger partial charge on any atom is -0.479 e. The summed E-state index contributed by atoms with van der Waals surface area (Å²) in [6.45, 7) is 7.20. The summed E-state index contributed by atoms with van der Waals surface area (Å²) < 4.78 is 5.56. The van der Waals surface area contributed by atoms with Gasteiger partial charge in [-0.05, 0) is 31.0 Å². The number of ether oxygens (including phenoxy) is 1. The zero-order chi connectivity index (χ0) is 13.9. The molecule has 5 nitrogen and oxygen atoms in total. The number of benzene rings is 1. The van der Waals surface area contributed by atoms with Gasteiger partial charge >= 0.3 is 0 Å². The van der Waals surface area contributed by atoms with Crippen LogP contribution in [0.4, 0.5) is 5.69 Å². The van der Waals surface area contributed by atoms with E-state index in [0.29, 0.717) is 0 Å². The van der Waals surface area contributed by atoms with Crippen molar-refractivity contribution in [2.24, 2.45) is 0 Å². The maximum absolute atomic E-state index is 11.6. The predicted octanol–water partition coefficient (Wildman–Crippen LogP) is 0.854. The lowest BCUT2D eigenvalue weighted by Crippen LogP contribution is -2.44. The van der Waals surface area contributed by atoms with Crippen LogP contribution in [0.5, 0.6) is 5.75 Å². The number of nitrogens with one attached hydrogen (secondary N) is 2. The number of carbonyl (C=O) groups is 1. The normalized spacial score (nSPS) is 22.9. The van der Waals surface area contributed by atoms with E-state index in [2.05, 4.69) is 21.6 Å². The highest BCUT2D eigenvalue weighted by atomic mass is 16.5. The van der Waals surface area contributed by atoms with E-state index in [1.165, 1.54) is 5.56 Å². The Morgan fingerprint density at radius 3 is 2.95 bits per heavy atom. The molecule has 2 heterocycles. The van der Waals surface area contributed by atoms with Gasteiger partial charge in [0.25, 0.3) is 5.91 Å². The monoisotopic (exact) mass is 275 g/mol. The van der Waals surface area contributed by atoms with Crippen LogP contribution in [-0.2, 0) is 11.2 Å². The van der Waals surface area contributed by atoms with Crippen molar-refractivity contribution in [1.29, 1.82) is 0 Å². The van der Waals surface area contributed by atoms with Crippen LogP contribution in [0, 0.1) is 0 Å². The topological polar surface area (TPSA) is 53.6 Å². The molecule has 0 spiro atoms. The van der Waals surface area contributed by atoms with Gasteiger partial charge in [0.05, 0.1) is 5.69 Å². The fraction of sp³-hybridized carbons (Fsp3) is 0.533. The van der Waals surface area contributed by atoms with Gasteiger partial charge in [-0.15, -0.1) is 0 Å².